The van der Waals surface area contributed by atoms with Gasteiger partial charge in [-0.2, -0.15) is 0 Å². The highest BCUT2D eigenvalue weighted by Gasteiger charge is 2.35. The van der Waals surface area contributed by atoms with Crippen molar-refractivity contribution in [3.05, 3.63) is 30.1 Å². The van der Waals surface area contributed by atoms with Gasteiger partial charge in [-0.1, -0.05) is 19.8 Å². The zero-order chi connectivity index (χ0) is 14.5. The number of hydrogen-bond acceptors (Lipinski definition) is 2. The summed E-state index contributed by atoms with van der Waals surface area (Å²) < 4.78 is 12.9. The monoisotopic (exact) mass is 296 g/mol. The smallest absolute Gasteiger partial charge is 0.307 e. The minimum Gasteiger partial charge on any atom is -0.481 e. The molecule has 0 radical (unpaired) electrons. The van der Waals surface area contributed by atoms with Gasteiger partial charge in [0, 0.05) is 10.1 Å². The zero-order valence-electron chi connectivity index (χ0n) is 11.7. The van der Waals surface area contributed by atoms with Crippen LogP contribution in [0, 0.1) is 17.7 Å². The van der Waals surface area contributed by atoms with Crippen LogP contribution in [0.1, 0.15) is 39.0 Å². The van der Waals surface area contributed by atoms with E-state index in [0.717, 1.165) is 30.6 Å². The van der Waals surface area contributed by atoms with Gasteiger partial charge < -0.3 is 5.11 Å². The van der Waals surface area contributed by atoms with Crippen LogP contribution in [0.4, 0.5) is 4.39 Å². The summed E-state index contributed by atoms with van der Waals surface area (Å²) in [4.78, 5) is 12.4. The Morgan fingerprint density at radius 3 is 2.65 bits per heavy atom. The standard InChI is InChI=1S/C16H21FO2S/c1-2-3-11-4-9-14(16(18)19)15(10-11)20-13-7-5-12(17)6-8-13/h5-8,11,14-15H,2-4,9-10H2,1H3,(H,18,19). The van der Waals surface area contributed by atoms with Crippen LogP contribution in [0.2, 0.25) is 0 Å². The first-order chi connectivity index (χ1) is 9.60. The molecule has 3 unspecified atom stereocenters. The maximum Gasteiger partial charge on any atom is 0.307 e. The minimum absolute atomic E-state index is 0.100. The molecule has 0 aromatic heterocycles. The van der Waals surface area contributed by atoms with E-state index >= 15 is 0 Å². The Morgan fingerprint density at radius 1 is 1.35 bits per heavy atom. The van der Waals surface area contributed by atoms with E-state index in [1.807, 2.05) is 0 Å². The second kappa shape index (κ2) is 7.11. The lowest BCUT2D eigenvalue weighted by molar-refractivity contribution is -0.142. The van der Waals surface area contributed by atoms with Crippen molar-refractivity contribution in [3.63, 3.8) is 0 Å². The molecule has 1 aliphatic carbocycles. The number of rotatable bonds is 5. The number of benzene rings is 1. The second-order valence-electron chi connectivity index (χ2n) is 5.52. The third-order valence-corrected chi connectivity index (χ3v) is 5.38. The van der Waals surface area contributed by atoms with Crippen molar-refractivity contribution in [2.45, 2.75) is 49.2 Å². The van der Waals surface area contributed by atoms with Gasteiger partial charge in [-0.25, -0.2) is 4.39 Å². The Bertz CT molecular complexity index is 446. The molecule has 1 aromatic carbocycles. The molecular weight excluding hydrogens is 275 g/mol. The van der Waals surface area contributed by atoms with E-state index in [-0.39, 0.29) is 17.0 Å². The Morgan fingerprint density at radius 2 is 2.05 bits per heavy atom. The first-order valence-corrected chi connectivity index (χ1v) is 8.13. The largest absolute Gasteiger partial charge is 0.481 e. The average molecular weight is 296 g/mol. The zero-order valence-corrected chi connectivity index (χ0v) is 12.5. The van der Waals surface area contributed by atoms with Gasteiger partial charge in [0.15, 0.2) is 0 Å². The molecule has 1 aromatic rings. The third kappa shape index (κ3) is 3.98. The van der Waals surface area contributed by atoms with Crippen molar-refractivity contribution in [2.75, 3.05) is 0 Å². The van der Waals surface area contributed by atoms with Gasteiger partial charge in [0.25, 0.3) is 0 Å². The molecule has 0 bridgehead atoms. The highest BCUT2D eigenvalue weighted by atomic mass is 32.2. The van der Waals surface area contributed by atoms with E-state index in [0.29, 0.717) is 5.92 Å². The van der Waals surface area contributed by atoms with Crippen LogP contribution in [0.25, 0.3) is 0 Å². The number of carbonyl (C=O) groups is 1. The summed E-state index contributed by atoms with van der Waals surface area (Å²) in [6.45, 7) is 2.17. The fourth-order valence-electron chi connectivity index (χ4n) is 2.98. The topological polar surface area (TPSA) is 37.3 Å². The van der Waals surface area contributed by atoms with Crippen molar-refractivity contribution in [2.24, 2.45) is 11.8 Å². The fourth-order valence-corrected chi connectivity index (χ4v) is 4.41. The molecule has 4 heteroatoms. The lowest BCUT2D eigenvalue weighted by atomic mass is 9.80. The molecule has 1 aliphatic rings. The van der Waals surface area contributed by atoms with Gasteiger partial charge in [-0.3, -0.25) is 4.79 Å². The van der Waals surface area contributed by atoms with Crippen molar-refractivity contribution >= 4 is 17.7 Å². The van der Waals surface area contributed by atoms with Gasteiger partial charge in [-0.05, 0) is 49.4 Å². The summed E-state index contributed by atoms with van der Waals surface area (Å²) in [6.07, 6.45) is 5.06. The van der Waals surface area contributed by atoms with Gasteiger partial charge >= 0.3 is 5.97 Å². The molecule has 0 amide bonds. The maximum atomic E-state index is 12.9. The number of carboxylic acid groups (broad SMARTS) is 1. The Labute approximate surface area is 123 Å². The van der Waals surface area contributed by atoms with Gasteiger partial charge in [-0.15, -0.1) is 11.8 Å². The van der Waals surface area contributed by atoms with E-state index in [1.54, 1.807) is 23.9 Å². The van der Waals surface area contributed by atoms with Gasteiger partial charge in [0.1, 0.15) is 5.82 Å². The van der Waals surface area contributed by atoms with Crippen LogP contribution < -0.4 is 0 Å². The molecule has 110 valence electrons. The summed E-state index contributed by atoms with van der Waals surface area (Å²) in [6, 6.07) is 6.35. The van der Waals surface area contributed by atoms with Crippen molar-refractivity contribution in [3.8, 4) is 0 Å². The van der Waals surface area contributed by atoms with Crippen LogP contribution in [-0.2, 0) is 4.79 Å². The quantitative estimate of drug-likeness (QED) is 0.863. The molecule has 2 nitrogen and oxygen atoms in total. The SMILES string of the molecule is CCCC1CCC(C(=O)O)C(Sc2ccc(F)cc2)C1. The minimum atomic E-state index is -0.695. The van der Waals surface area contributed by atoms with E-state index in [1.165, 1.54) is 18.6 Å². The molecular formula is C16H21FO2S. The van der Waals surface area contributed by atoms with Crippen LogP contribution >= 0.6 is 11.8 Å². The van der Waals surface area contributed by atoms with E-state index in [2.05, 4.69) is 6.92 Å². The predicted octanol–water partition coefficient (Wildman–Crippen LogP) is 4.59. The van der Waals surface area contributed by atoms with Crippen molar-refractivity contribution in [1.82, 2.24) is 0 Å². The molecule has 1 fully saturated rings. The third-order valence-electron chi connectivity index (χ3n) is 4.02. The van der Waals surface area contributed by atoms with Crippen molar-refractivity contribution in [1.29, 1.82) is 0 Å². The first kappa shape index (κ1) is 15.4. The summed E-state index contributed by atoms with van der Waals surface area (Å²) in [5.74, 6) is -0.595. The van der Waals surface area contributed by atoms with E-state index < -0.39 is 5.97 Å². The molecule has 3 atom stereocenters. The molecule has 0 heterocycles. The summed E-state index contributed by atoms with van der Waals surface area (Å²) in [7, 11) is 0. The molecule has 1 saturated carbocycles. The maximum absolute atomic E-state index is 12.9. The number of aliphatic carboxylic acids is 1. The first-order valence-electron chi connectivity index (χ1n) is 7.25. The normalized spacial score (nSPS) is 26.4. The number of thioether (sulfide) groups is 1. The second-order valence-corrected chi connectivity index (χ2v) is 6.84. The molecule has 20 heavy (non-hydrogen) atoms. The number of hydrogen-bond donors (Lipinski definition) is 1. The van der Waals surface area contributed by atoms with Gasteiger partial charge in [0.2, 0.25) is 0 Å². The highest BCUT2D eigenvalue weighted by molar-refractivity contribution is 8.00. The molecule has 0 aliphatic heterocycles. The van der Waals surface area contributed by atoms with Crippen LogP contribution in [0.5, 0.6) is 0 Å². The predicted molar refractivity (Wildman–Crippen MR) is 79.4 cm³/mol. The van der Waals surface area contributed by atoms with Crippen LogP contribution in [-0.4, -0.2) is 16.3 Å². The van der Waals surface area contributed by atoms with Crippen LogP contribution in [0.3, 0.4) is 0 Å². The molecule has 1 N–H and O–H groups in total. The fraction of sp³-hybridized carbons (Fsp3) is 0.562. The summed E-state index contributed by atoms with van der Waals surface area (Å²) >= 11 is 1.59. The average Bonchev–Trinajstić information content (AvgIpc) is 2.42. The van der Waals surface area contributed by atoms with Crippen molar-refractivity contribution < 1.29 is 14.3 Å². The number of halogens is 1. The number of carboxylic acids is 1. The van der Waals surface area contributed by atoms with Crippen LogP contribution in [0.15, 0.2) is 29.2 Å². The summed E-state index contributed by atoms with van der Waals surface area (Å²) in [5.41, 5.74) is 0. The van der Waals surface area contributed by atoms with E-state index in [9.17, 15) is 14.3 Å². The highest BCUT2D eigenvalue weighted by Crippen LogP contribution is 2.41. The Hall–Kier alpha value is -1.03. The Balaban J connectivity index is 2.06. The molecule has 0 saturated heterocycles. The van der Waals surface area contributed by atoms with E-state index in [4.69, 9.17) is 0 Å². The lowest BCUT2D eigenvalue weighted by Gasteiger charge is -2.33. The lowest BCUT2D eigenvalue weighted by Crippen LogP contribution is -2.32. The Kier molecular flexibility index (Phi) is 5.46. The summed E-state index contributed by atoms with van der Waals surface area (Å²) in [5, 5.41) is 9.47. The molecule has 2 rings (SSSR count). The molecule has 0 spiro atoms. The van der Waals surface area contributed by atoms with Gasteiger partial charge in [0.05, 0.1) is 5.92 Å².